The maximum Gasteiger partial charge on any atom is 0.227 e. The molecule has 0 spiro atoms. The molecule has 1 amide bonds. The van der Waals surface area contributed by atoms with Gasteiger partial charge in [0.15, 0.2) is 0 Å². The SMILES string of the molecule is CCC(CC)(CN)C(=O)NC1CCOc2ccc(F)cc21. The molecule has 0 saturated carbocycles. The summed E-state index contributed by atoms with van der Waals surface area (Å²) in [6.45, 7) is 4.75. The van der Waals surface area contributed by atoms with Crippen LogP contribution >= 0.6 is 0 Å². The van der Waals surface area contributed by atoms with Gasteiger partial charge in [-0.1, -0.05) is 13.8 Å². The lowest BCUT2D eigenvalue weighted by molar-refractivity contribution is -0.132. The topological polar surface area (TPSA) is 64.4 Å². The molecular formula is C16H23FN2O2. The largest absolute Gasteiger partial charge is 0.493 e. The summed E-state index contributed by atoms with van der Waals surface area (Å²) in [7, 11) is 0. The molecule has 0 fully saturated rings. The number of benzene rings is 1. The van der Waals surface area contributed by atoms with Crippen molar-refractivity contribution >= 4 is 5.91 Å². The van der Waals surface area contributed by atoms with Crippen molar-refractivity contribution in [2.75, 3.05) is 13.2 Å². The van der Waals surface area contributed by atoms with Crippen LogP contribution in [0.15, 0.2) is 18.2 Å². The molecule has 0 radical (unpaired) electrons. The predicted molar refractivity (Wildman–Crippen MR) is 79.5 cm³/mol. The van der Waals surface area contributed by atoms with Gasteiger partial charge in [0, 0.05) is 18.5 Å². The Balaban J connectivity index is 2.22. The van der Waals surface area contributed by atoms with Crippen molar-refractivity contribution in [2.45, 2.75) is 39.2 Å². The zero-order valence-electron chi connectivity index (χ0n) is 12.6. The van der Waals surface area contributed by atoms with Crippen LogP contribution in [0.4, 0.5) is 4.39 Å². The molecule has 0 aromatic heterocycles. The maximum absolute atomic E-state index is 13.4. The van der Waals surface area contributed by atoms with Gasteiger partial charge < -0.3 is 15.8 Å². The number of hydrogen-bond donors (Lipinski definition) is 2. The Hall–Kier alpha value is -1.62. The molecule has 3 N–H and O–H groups in total. The van der Waals surface area contributed by atoms with Gasteiger partial charge in [-0.05, 0) is 31.0 Å². The molecule has 116 valence electrons. The predicted octanol–water partition coefficient (Wildman–Crippen LogP) is 2.53. The second kappa shape index (κ2) is 6.43. The number of nitrogens with two attached hydrogens (primary N) is 1. The van der Waals surface area contributed by atoms with Gasteiger partial charge in [0.1, 0.15) is 11.6 Å². The number of ether oxygens (including phenoxy) is 1. The zero-order valence-corrected chi connectivity index (χ0v) is 12.6. The lowest BCUT2D eigenvalue weighted by atomic mass is 9.81. The number of nitrogens with one attached hydrogen (secondary N) is 1. The van der Waals surface area contributed by atoms with Crippen LogP contribution < -0.4 is 15.8 Å². The molecule has 1 aliphatic rings. The van der Waals surface area contributed by atoms with E-state index in [2.05, 4.69) is 5.32 Å². The Morgan fingerprint density at radius 2 is 2.19 bits per heavy atom. The summed E-state index contributed by atoms with van der Waals surface area (Å²) < 4.78 is 19.0. The van der Waals surface area contributed by atoms with Gasteiger partial charge in [-0.15, -0.1) is 0 Å². The standard InChI is InChI=1S/C16H23FN2O2/c1-3-16(4-2,10-18)15(20)19-13-7-8-21-14-6-5-11(17)9-12(13)14/h5-6,9,13H,3-4,7-8,10,18H2,1-2H3,(H,19,20). The molecule has 0 saturated heterocycles. The maximum atomic E-state index is 13.4. The molecule has 1 heterocycles. The molecule has 2 rings (SSSR count). The van der Waals surface area contributed by atoms with E-state index in [1.807, 2.05) is 13.8 Å². The number of halogens is 1. The highest BCUT2D eigenvalue weighted by atomic mass is 19.1. The van der Waals surface area contributed by atoms with E-state index in [-0.39, 0.29) is 17.8 Å². The van der Waals surface area contributed by atoms with Gasteiger partial charge in [0.2, 0.25) is 5.91 Å². The van der Waals surface area contributed by atoms with Crippen molar-refractivity contribution in [3.63, 3.8) is 0 Å². The molecule has 1 aromatic rings. The lowest BCUT2D eigenvalue weighted by Crippen LogP contribution is -2.47. The van der Waals surface area contributed by atoms with Crippen molar-refractivity contribution in [1.82, 2.24) is 5.32 Å². The number of rotatable bonds is 5. The van der Waals surface area contributed by atoms with Gasteiger partial charge in [-0.25, -0.2) is 4.39 Å². The average molecular weight is 294 g/mol. The molecule has 1 aliphatic heterocycles. The van der Waals surface area contributed by atoms with Crippen LogP contribution in [0.2, 0.25) is 0 Å². The summed E-state index contributed by atoms with van der Waals surface area (Å²) in [4.78, 5) is 12.6. The lowest BCUT2D eigenvalue weighted by Gasteiger charge is -2.33. The minimum Gasteiger partial charge on any atom is -0.493 e. The summed E-state index contributed by atoms with van der Waals surface area (Å²) in [6, 6.07) is 4.19. The first kappa shape index (κ1) is 15.8. The highest BCUT2D eigenvalue weighted by molar-refractivity contribution is 5.83. The van der Waals surface area contributed by atoms with E-state index in [4.69, 9.17) is 10.5 Å². The Kier molecular flexibility index (Phi) is 4.83. The van der Waals surface area contributed by atoms with Gasteiger partial charge in [-0.3, -0.25) is 4.79 Å². The number of carbonyl (C=O) groups excluding carboxylic acids is 1. The van der Waals surface area contributed by atoms with Crippen LogP contribution in [0.5, 0.6) is 5.75 Å². The molecule has 1 atom stereocenters. The van der Waals surface area contributed by atoms with Crippen molar-refractivity contribution in [1.29, 1.82) is 0 Å². The normalized spacial score (nSPS) is 17.8. The third-order valence-electron chi connectivity index (χ3n) is 4.54. The van der Waals surface area contributed by atoms with E-state index in [0.29, 0.717) is 43.7 Å². The van der Waals surface area contributed by atoms with E-state index in [0.717, 1.165) is 0 Å². The van der Waals surface area contributed by atoms with Crippen LogP contribution in [-0.2, 0) is 4.79 Å². The second-order valence-electron chi connectivity index (χ2n) is 5.54. The van der Waals surface area contributed by atoms with Crippen molar-refractivity contribution in [2.24, 2.45) is 11.1 Å². The molecule has 0 aliphatic carbocycles. The van der Waals surface area contributed by atoms with E-state index in [9.17, 15) is 9.18 Å². The zero-order chi connectivity index (χ0) is 15.5. The summed E-state index contributed by atoms with van der Waals surface area (Å²) in [5.41, 5.74) is 5.96. The van der Waals surface area contributed by atoms with Crippen molar-refractivity contribution < 1.29 is 13.9 Å². The quantitative estimate of drug-likeness (QED) is 0.877. The first-order valence-corrected chi connectivity index (χ1v) is 7.49. The highest BCUT2D eigenvalue weighted by Crippen LogP contribution is 2.34. The molecule has 5 heteroatoms. The van der Waals surface area contributed by atoms with E-state index in [1.54, 1.807) is 6.07 Å². The molecule has 1 aromatic carbocycles. The minimum atomic E-state index is -0.550. The van der Waals surface area contributed by atoms with Crippen molar-refractivity contribution in [3.05, 3.63) is 29.6 Å². The Bertz CT molecular complexity index is 507. The Labute approximate surface area is 124 Å². The van der Waals surface area contributed by atoms with E-state index >= 15 is 0 Å². The van der Waals surface area contributed by atoms with E-state index < -0.39 is 5.41 Å². The number of fused-ring (bicyclic) bond motifs is 1. The fourth-order valence-electron chi connectivity index (χ4n) is 2.78. The number of amides is 1. The van der Waals surface area contributed by atoms with Crippen molar-refractivity contribution in [3.8, 4) is 5.75 Å². The molecule has 0 bridgehead atoms. The van der Waals surface area contributed by atoms with Crippen LogP contribution in [-0.4, -0.2) is 19.1 Å². The average Bonchev–Trinajstić information content (AvgIpc) is 2.50. The van der Waals surface area contributed by atoms with Gasteiger partial charge in [0.25, 0.3) is 0 Å². The molecule has 21 heavy (non-hydrogen) atoms. The Morgan fingerprint density at radius 3 is 2.81 bits per heavy atom. The molecule has 1 unspecified atom stereocenters. The molecule has 4 nitrogen and oxygen atoms in total. The minimum absolute atomic E-state index is 0.0582. The first-order chi connectivity index (χ1) is 10.1. The summed E-state index contributed by atoms with van der Waals surface area (Å²) in [5.74, 6) is 0.256. The summed E-state index contributed by atoms with van der Waals surface area (Å²) in [5, 5.41) is 3.03. The fourth-order valence-corrected chi connectivity index (χ4v) is 2.78. The van der Waals surface area contributed by atoms with E-state index in [1.165, 1.54) is 12.1 Å². The van der Waals surface area contributed by atoms with Gasteiger partial charge in [0.05, 0.1) is 18.1 Å². The summed E-state index contributed by atoms with van der Waals surface area (Å²) >= 11 is 0. The van der Waals surface area contributed by atoms with Gasteiger partial charge in [-0.2, -0.15) is 0 Å². The third kappa shape index (κ3) is 3.02. The van der Waals surface area contributed by atoms with Crippen LogP contribution in [0.3, 0.4) is 0 Å². The first-order valence-electron chi connectivity index (χ1n) is 7.49. The fraction of sp³-hybridized carbons (Fsp3) is 0.562. The summed E-state index contributed by atoms with van der Waals surface area (Å²) in [6.07, 6.45) is 2.01. The molecular weight excluding hydrogens is 271 g/mol. The monoisotopic (exact) mass is 294 g/mol. The Morgan fingerprint density at radius 1 is 1.48 bits per heavy atom. The number of carbonyl (C=O) groups is 1. The van der Waals surface area contributed by atoms with Crippen LogP contribution in [0.1, 0.15) is 44.7 Å². The van der Waals surface area contributed by atoms with Crippen LogP contribution in [0.25, 0.3) is 0 Å². The second-order valence-corrected chi connectivity index (χ2v) is 5.54. The smallest absolute Gasteiger partial charge is 0.227 e. The number of hydrogen-bond acceptors (Lipinski definition) is 3. The van der Waals surface area contributed by atoms with Crippen LogP contribution in [0, 0.1) is 11.2 Å². The third-order valence-corrected chi connectivity index (χ3v) is 4.54. The van der Waals surface area contributed by atoms with Gasteiger partial charge >= 0.3 is 0 Å². The highest BCUT2D eigenvalue weighted by Gasteiger charge is 2.35.